The Kier molecular flexibility index (Phi) is 2.89. The number of likely N-dealkylation sites (tertiary alicyclic amines) is 1. The van der Waals surface area contributed by atoms with Crippen molar-refractivity contribution in [3.8, 4) is 0 Å². The van der Waals surface area contributed by atoms with Gasteiger partial charge in [0.15, 0.2) is 0 Å². The zero-order valence-corrected chi connectivity index (χ0v) is 8.71. The van der Waals surface area contributed by atoms with Crippen molar-refractivity contribution in [2.24, 2.45) is 11.7 Å². The second-order valence-corrected chi connectivity index (χ2v) is 4.72. The van der Waals surface area contributed by atoms with E-state index in [1.807, 2.05) is 0 Å². The lowest BCUT2D eigenvalue weighted by atomic mass is 9.91. The van der Waals surface area contributed by atoms with Crippen molar-refractivity contribution in [2.45, 2.75) is 51.1 Å². The molecule has 0 aromatic carbocycles. The maximum Gasteiger partial charge on any atom is 0.0193 e. The molecular formula is C11H22N2. The monoisotopic (exact) mass is 182 g/mol. The van der Waals surface area contributed by atoms with E-state index in [-0.39, 0.29) is 0 Å². The highest BCUT2D eigenvalue weighted by Crippen LogP contribution is 2.37. The van der Waals surface area contributed by atoms with Gasteiger partial charge in [0.25, 0.3) is 0 Å². The summed E-state index contributed by atoms with van der Waals surface area (Å²) in [4.78, 5) is 2.67. The lowest BCUT2D eigenvalue weighted by Gasteiger charge is -2.41. The topological polar surface area (TPSA) is 29.3 Å². The largest absolute Gasteiger partial charge is 0.329 e. The molecule has 2 fully saturated rings. The minimum Gasteiger partial charge on any atom is -0.329 e. The van der Waals surface area contributed by atoms with Crippen LogP contribution in [-0.4, -0.2) is 30.1 Å². The fraction of sp³-hybridized carbons (Fsp3) is 1.00. The molecule has 2 N–H and O–H groups in total. The van der Waals surface area contributed by atoms with E-state index in [0.29, 0.717) is 6.04 Å². The maximum atomic E-state index is 5.74. The van der Waals surface area contributed by atoms with Gasteiger partial charge in [0.05, 0.1) is 0 Å². The Hall–Kier alpha value is -0.0800. The van der Waals surface area contributed by atoms with Gasteiger partial charge in [0.2, 0.25) is 0 Å². The van der Waals surface area contributed by atoms with Gasteiger partial charge in [-0.3, -0.25) is 4.90 Å². The summed E-state index contributed by atoms with van der Waals surface area (Å²) in [5.41, 5.74) is 5.74. The van der Waals surface area contributed by atoms with Crippen LogP contribution in [0.15, 0.2) is 0 Å². The summed E-state index contributed by atoms with van der Waals surface area (Å²) in [6, 6.07) is 1.48. The average Bonchev–Trinajstić information content (AvgIpc) is 2.63. The molecule has 0 bridgehead atoms. The molecule has 0 amide bonds. The third kappa shape index (κ3) is 1.75. The van der Waals surface area contributed by atoms with E-state index in [1.54, 1.807) is 0 Å². The van der Waals surface area contributed by atoms with Gasteiger partial charge in [-0.05, 0) is 45.1 Å². The van der Waals surface area contributed by atoms with Crippen LogP contribution in [0.5, 0.6) is 0 Å². The van der Waals surface area contributed by atoms with Crippen LogP contribution in [0.1, 0.15) is 39.0 Å². The Morgan fingerprint density at radius 2 is 2.08 bits per heavy atom. The molecule has 0 radical (unpaired) electrons. The molecule has 2 aliphatic rings. The van der Waals surface area contributed by atoms with Gasteiger partial charge in [-0.25, -0.2) is 0 Å². The van der Waals surface area contributed by atoms with Crippen LogP contribution in [0.25, 0.3) is 0 Å². The van der Waals surface area contributed by atoms with E-state index in [4.69, 9.17) is 5.73 Å². The molecule has 3 atom stereocenters. The Labute approximate surface area is 81.5 Å². The highest BCUT2D eigenvalue weighted by atomic mass is 15.2. The van der Waals surface area contributed by atoms with Gasteiger partial charge >= 0.3 is 0 Å². The van der Waals surface area contributed by atoms with Crippen LogP contribution in [-0.2, 0) is 0 Å². The second-order valence-electron chi connectivity index (χ2n) is 4.72. The van der Waals surface area contributed by atoms with Gasteiger partial charge in [-0.15, -0.1) is 0 Å². The van der Waals surface area contributed by atoms with Crippen LogP contribution in [0.4, 0.5) is 0 Å². The second kappa shape index (κ2) is 3.97. The first-order chi connectivity index (χ1) is 6.33. The van der Waals surface area contributed by atoms with E-state index in [0.717, 1.165) is 18.5 Å². The zero-order valence-electron chi connectivity index (χ0n) is 8.71. The van der Waals surface area contributed by atoms with Crippen molar-refractivity contribution in [1.29, 1.82) is 0 Å². The van der Waals surface area contributed by atoms with E-state index < -0.39 is 0 Å². The molecule has 0 aromatic rings. The highest BCUT2D eigenvalue weighted by molar-refractivity contribution is 4.91. The number of nitrogens with zero attached hydrogens (tertiary/aromatic N) is 1. The van der Waals surface area contributed by atoms with Gasteiger partial charge in [0, 0.05) is 18.6 Å². The third-order valence-corrected chi connectivity index (χ3v) is 3.94. The number of rotatable bonds is 2. The van der Waals surface area contributed by atoms with Crippen molar-refractivity contribution in [3.63, 3.8) is 0 Å². The lowest BCUT2D eigenvalue weighted by molar-refractivity contribution is 0.0781. The molecule has 13 heavy (non-hydrogen) atoms. The molecule has 1 saturated carbocycles. The average molecular weight is 182 g/mol. The summed E-state index contributed by atoms with van der Waals surface area (Å²) in [5.74, 6) is 1.00. The predicted octanol–water partition coefficient (Wildman–Crippen LogP) is 1.60. The van der Waals surface area contributed by atoms with Crippen LogP contribution in [0.3, 0.4) is 0 Å². The molecule has 0 aromatic heterocycles. The van der Waals surface area contributed by atoms with Gasteiger partial charge < -0.3 is 5.73 Å². The smallest absolute Gasteiger partial charge is 0.0193 e. The molecule has 2 heteroatoms. The molecular weight excluding hydrogens is 160 g/mol. The van der Waals surface area contributed by atoms with E-state index in [2.05, 4.69) is 11.8 Å². The molecule has 3 unspecified atom stereocenters. The van der Waals surface area contributed by atoms with Crippen molar-refractivity contribution >= 4 is 0 Å². The zero-order chi connectivity index (χ0) is 9.26. The predicted molar refractivity (Wildman–Crippen MR) is 55.6 cm³/mol. The number of fused-ring (bicyclic) bond motifs is 1. The number of nitrogens with two attached hydrogens (primary N) is 1. The van der Waals surface area contributed by atoms with Crippen LogP contribution < -0.4 is 5.73 Å². The minimum absolute atomic E-state index is 0.603. The quantitative estimate of drug-likeness (QED) is 0.703. The first-order valence-electron chi connectivity index (χ1n) is 5.78. The highest BCUT2D eigenvalue weighted by Gasteiger charge is 2.36. The third-order valence-electron chi connectivity index (χ3n) is 3.94. The lowest BCUT2D eigenvalue weighted by Crippen LogP contribution is -2.49. The minimum atomic E-state index is 0.603. The van der Waals surface area contributed by atoms with Gasteiger partial charge in [0.1, 0.15) is 0 Å². The van der Waals surface area contributed by atoms with Gasteiger partial charge in [-0.1, -0.05) is 6.42 Å². The Morgan fingerprint density at radius 3 is 2.85 bits per heavy atom. The molecule has 1 aliphatic carbocycles. The van der Waals surface area contributed by atoms with Crippen molar-refractivity contribution < 1.29 is 0 Å². The fourth-order valence-electron chi connectivity index (χ4n) is 3.18. The molecule has 1 heterocycles. The number of piperidine rings is 1. The number of hydrogen-bond acceptors (Lipinski definition) is 2. The van der Waals surface area contributed by atoms with Gasteiger partial charge in [-0.2, -0.15) is 0 Å². The molecule has 1 saturated heterocycles. The Balaban J connectivity index is 2.01. The van der Waals surface area contributed by atoms with Crippen LogP contribution in [0, 0.1) is 5.92 Å². The maximum absolute atomic E-state index is 5.74. The summed E-state index contributed by atoms with van der Waals surface area (Å²) < 4.78 is 0. The first-order valence-corrected chi connectivity index (χ1v) is 5.78. The number of hydrogen-bond donors (Lipinski definition) is 1. The van der Waals surface area contributed by atoms with Crippen molar-refractivity contribution in [2.75, 3.05) is 13.1 Å². The van der Waals surface area contributed by atoms with E-state index in [1.165, 1.54) is 38.6 Å². The molecule has 2 nitrogen and oxygen atoms in total. The van der Waals surface area contributed by atoms with E-state index >= 15 is 0 Å². The molecule has 1 aliphatic heterocycles. The van der Waals surface area contributed by atoms with Crippen LogP contribution in [0.2, 0.25) is 0 Å². The SMILES string of the molecule is CC(CN)N1CCCC2CCCC21. The first kappa shape index (κ1) is 9.47. The van der Waals surface area contributed by atoms with E-state index in [9.17, 15) is 0 Å². The van der Waals surface area contributed by atoms with Crippen molar-refractivity contribution in [3.05, 3.63) is 0 Å². The summed E-state index contributed by atoms with van der Waals surface area (Å²) >= 11 is 0. The molecule has 0 spiro atoms. The van der Waals surface area contributed by atoms with Crippen molar-refractivity contribution in [1.82, 2.24) is 4.90 Å². The summed E-state index contributed by atoms with van der Waals surface area (Å²) in [7, 11) is 0. The summed E-state index contributed by atoms with van der Waals surface area (Å²) in [6.07, 6.45) is 7.21. The summed E-state index contributed by atoms with van der Waals surface area (Å²) in [5, 5.41) is 0. The van der Waals surface area contributed by atoms with Crippen LogP contribution >= 0.6 is 0 Å². The fourth-order valence-corrected chi connectivity index (χ4v) is 3.18. The Morgan fingerprint density at radius 1 is 1.31 bits per heavy atom. The summed E-state index contributed by atoms with van der Waals surface area (Å²) in [6.45, 7) is 4.39. The Bertz CT molecular complexity index is 169. The molecule has 76 valence electrons. The standard InChI is InChI=1S/C11H22N2/c1-9(8-12)13-7-3-5-10-4-2-6-11(10)13/h9-11H,2-8,12H2,1H3. The molecule has 2 rings (SSSR count). The normalized spacial score (nSPS) is 37.4.